The minimum absolute atomic E-state index is 0.0509. The molecule has 6 heteroatoms. The Hall–Kier alpha value is -1.33. The summed E-state index contributed by atoms with van der Waals surface area (Å²) in [5.41, 5.74) is 0.806. The number of halogens is 2. The van der Waals surface area contributed by atoms with Crippen LogP contribution in [0.25, 0.3) is 5.69 Å². The Kier molecular flexibility index (Phi) is 3.93. The Morgan fingerprint density at radius 2 is 1.95 bits per heavy atom. The van der Waals surface area contributed by atoms with E-state index in [4.69, 9.17) is 11.6 Å². The van der Waals surface area contributed by atoms with Crippen LogP contribution in [0.3, 0.4) is 0 Å². The summed E-state index contributed by atoms with van der Waals surface area (Å²) in [5, 5.41) is 13.9. The summed E-state index contributed by atoms with van der Waals surface area (Å²) < 4.78 is 2.25. The van der Waals surface area contributed by atoms with Crippen molar-refractivity contribution in [3.8, 4) is 5.69 Å². The van der Waals surface area contributed by atoms with Gasteiger partial charge in [-0.05, 0) is 28.1 Å². The Labute approximate surface area is 130 Å². The molecule has 0 radical (unpaired) electrons. The molecule has 20 heavy (non-hydrogen) atoms. The lowest BCUT2D eigenvalue weighted by atomic mass is 9.89. The standard InChI is InChI=1S/C14H14BrClN2O2/c1-14(2,3)11-10(13(19)20)12(16)18(17-11)9-7-5-4-6-8(9)15/h4-7H,1-3H3,(H,19,20). The maximum absolute atomic E-state index is 11.5. The third-order valence-corrected chi connectivity index (χ3v) is 3.85. The number of aromatic carboxylic acids is 1. The number of para-hydroxylation sites is 1. The van der Waals surface area contributed by atoms with E-state index in [1.54, 1.807) is 0 Å². The van der Waals surface area contributed by atoms with E-state index >= 15 is 0 Å². The highest BCUT2D eigenvalue weighted by molar-refractivity contribution is 9.10. The van der Waals surface area contributed by atoms with Gasteiger partial charge in [-0.1, -0.05) is 44.5 Å². The lowest BCUT2D eigenvalue weighted by molar-refractivity contribution is 0.0694. The van der Waals surface area contributed by atoms with Crippen LogP contribution in [0.1, 0.15) is 36.8 Å². The molecule has 0 aliphatic rings. The van der Waals surface area contributed by atoms with Gasteiger partial charge in [0.05, 0.1) is 11.4 Å². The number of hydrogen-bond acceptors (Lipinski definition) is 2. The molecular weight excluding hydrogens is 344 g/mol. The van der Waals surface area contributed by atoms with Gasteiger partial charge in [-0.15, -0.1) is 0 Å². The molecule has 106 valence electrons. The average molecular weight is 358 g/mol. The molecule has 1 heterocycles. The normalized spacial score (nSPS) is 11.7. The quantitative estimate of drug-likeness (QED) is 0.872. The van der Waals surface area contributed by atoms with Crippen LogP contribution in [-0.2, 0) is 5.41 Å². The first-order valence-corrected chi connectivity index (χ1v) is 7.17. The fourth-order valence-corrected chi connectivity index (χ4v) is 2.65. The van der Waals surface area contributed by atoms with Crippen molar-refractivity contribution in [2.45, 2.75) is 26.2 Å². The smallest absolute Gasteiger partial charge is 0.340 e. The summed E-state index contributed by atoms with van der Waals surface area (Å²) in [6.07, 6.45) is 0. The van der Waals surface area contributed by atoms with Gasteiger partial charge in [0.25, 0.3) is 0 Å². The molecule has 4 nitrogen and oxygen atoms in total. The molecule has 1 aromatic carbocycles. The van der Waals surface area contributed by atoms with E-state index in [0.29, 0.717) is 11.4 Å². The topological polar surface area (TPSA) is 55.1 Å². The van der Waals surface area contributed by atoms with Crippen molar-refractivity contribution in [2.24, 2.45) is 0 Å². The highest BCUT2D eigenvalue weighted by atomic mass is 79.9. The van der Waals surface area contributed by atoms with Crippen LogP contribution in [0.5, 0.6) is 0 Å². The minimum Gasteiger partial charge on any atom is -0.478 e. The Morgan fingerprint density at radius 3 is 2.40 bits per heavy atom. The van der Waals surface area contributed by atoms with Gasteiger partial charge in [-0.3, -0.25) is 0 Å². The maximum atomic E-state index is 11.5. The zero-order valence-electron chi connectivity index (χ0n) is 11.3. The van der Waals surface area contributed by atoms with Gasteiger partial charge in [-0.2, -0.15) is 5.10 Å². The van der Waals surface area contributed by atoms with Gasteiger partial charge in [0.15, 0.2) is 0 Å². The van der Waals surface area contributed by atoms with Crippen LogP contribution in [0.15, 0.2) is 28.7 Å². The van der Waals surface area contributed by atoms with E-state index in [0.717, 1.165) is 4.47 Å². The number of benzene rings is 1. The maximum Gasteiger partial charge on any atom is 0.340 e. The molecule has 0 saturated heterocycles. The number of rotatable bonds is 2. The Balaban J connectivity index is 2.75. The number of carbonyl (C=O) groups is 1. The lowest BCUT2D eigenvalue weighted by Crippen LogP contribution is -2.16. The van der Waals surface area contributed by atoms with Crippen LogP contribution in [0.4, 0.5) is 0 Å². The fraction of sp³-hybridized carbons (Fsp3) is 0.286. The number of nitrogens with zero attached hydrogens (tertiary/aromatic N) is 2. The first-order chi connectivity index (χ1) is 9.23. The van der Waals surface area contributed by atoms with Gasteiger partial charge in [0.2, 0.25) is 0 Å². The van der Waals surface area contributed by atoms with Crippen molar-refractivity contribution < 1.29 is 9.90 Å². The molecule has 1 N–H and O–H groups in total. The number of carboxylic acids is 1. The summed E-state index contributed by atoms with van der Waals surface area (Å²) in [7, 11) is 0. The van der Waals surface area contributed by atoms with Crippen molar-refractivity contribution in [3.63, 3.8) is 0 Å². The summed E-state index contributed by atoms with van der Waals surface area (Å²) in [5.74, 6) is -1.07. The molecular formula is C14H14BrClN2O2. The molecule has 0 amide bonds. The number of hydrogen-bond donors (Lipinski definition) is 1. The predicted octanol–water partition coefficient (Wildman–Crippen LogP) is 4.28. The lowest BCUT2D eigenvalue weighted by Gasteiger charge is -2.15. The van der Waals surface area contributed by atoms with Crippen LogP contribution in [-0.4, -0.2) is 20.9 Å². The summed E-state index contributed by atoms with van der Waals surface area (Å²) >= 11 is 9.66. The van der Waals surface area contributed by atoms with Crippen molar-refractivity contribution in [1.82, 2.24) is 9.78 Å². The first-order valence-electron chi connectivity index (χ1n) is 6.00. The van der Waals surface area contributed by atoms with Crippen molar-refractivity contribution in [2.75, 3.05) is 0 Å². The summed E-state index contributed by atoms with van der Waals surface area (Å²) in [4.78, 5) is 11.5. The van der Waals surface area contributed by atoms with Gasteiger partial charge in [-0.25, -0.2) is 9.48 Å². The van der Waals surface area contributed by atoms with Crippen molar-refractivity contribution in [3.05, 3.63) is 45.1 Å². The predicted molar refractivity (Wildman–Crippen MR) is 81.9 cm³/mol. The Morgan fingerprint density at radius 1 is 1.35 bits per heavy atom. The zero-order chi connectivity index (χ0) is 15.1. The molecule has 0 aliphatic carbocycles. The molecule has 0 spiro atoms. The van der Waals surface area contributed by atoms with E-state index in [-0.39, 0.29) is 10.7 Å². The second kappa shape index (κ2) is 5.22. The monoisotopic (exact) mass is 356 g/mol. The molecule has 1 aromatic heterocycles. The molecule has 0 aliphatic heterocycles. The third kappa shape index (κ3) is 2.60. The van der Waals surface area contributed by atoms with E-state index in [2.05, 4.69) is 21.0 Å². The van der Waals surface area contributed by atoms with Crippen LogP contribution < -0.4 is 0 Å². The highest BCUT2D eigenvalue weighted by Gasteiger charge is 2.30. The van der Waals surface area contributed by atoms with Crippen LogP contribution >= 0.6 is 27.5 Å². The Bertz CT molecular complexity index is 674. The van der Waals surface area contributed by atoms with E-state index in [1.807, 2.05) is 45.0 Å². The molecule has 0 saturated carbocycles. The van der Waals surface area contributed by atoms with Crippen molar-refractivity contribution >= 4 is 33.5 Å². The van der Waals surface area contributed by atoms with E-state index in [1.165, 1.54) is 4.68 Å². The van der Waals surface area contributed by atoms with Crippen LogP contribution in [0, 0.1) is 0 Å². The largest absolute Gasteiger partial charge is 0.478 e. The van der Waals surface area contributed by atoms with E-state index in [9.17, 15) is 9.90 Å². The first kappa shape index (κ1) is 15.1. The molecule has 0 bridgehead atoms. The van der Waals surface area contributed by atoms with Gasteiger partial charge in [0.1, 0.15) is 10.7 Å². The third-order valence-electron chi connectivity index (χ3n) is 2.83. The van der Waals surface area contributed by atoms with E-state index < -0.39 is 11.4 Å². The van der Waals surface area contributed by atoms with Crippen LogP contribution in [0.2, 0.25) is 5.15 Å². The number of aromatic nitrogens is 2. The fourth-order valence-electron chi connectivity index (χ4n) is 1.90. The molecule has 2 aromatic rings. The van der Waals surface area contributed by atoms with Crippen molar-refractivity contribution in [1.29, 1.82) is 0 Å². The highest BCUT2D eigenvalue weighted by Crippen LogP contribution is 2.33. The van der Waals surface area contributed by atoms with Gasteiger partial charge < -0.3 is 5.11 Å². The van der Waals surface area contributed by atoms with Gasteiger partial charge in [0, 0.05) is 9.89 Å². The molecule has 0 fully saturated rings. The average Bonchev–Trinajstić information content (AvgIpc) is 2.67. The SMILES string of the molecule is CC(C)(C)c1nn(-c2ccccc2Br)c(Cl)c1C(=O)O. The van der Waals surface area contributed by atoms with Gasteiger partial charge >= 0.3 is 5.97 Å². The summed E-state index contributed by atoms with van der Waals surface area (Å²) in [6.45, 7) is 5.72. The second-order valence-corrected chi connectivity index (χ2v) is 6.65. The molecule has 0 unspecified atom stereocenters. The summed E-state index contributed by atoms with van der Waals surface area (Å²) in [6, 6.07) is 7.38. The molecule has 0 atom stereocenters. The minimum atomic E-state index is -1.07. The second-order valence-electron chi connectivity index (χ2n) is 5.43. The number of carboxylic acid groups (broad SMARTS) is 1. The molecule has 2 rings (SSSR count). The zero-order valence-corrected chi connectivity index (χ0v) is 13.7.